The smallest absolute Gasteiger partial charge is 0.261 e. The van der Waals surface area contributed by atoms with Crippen molar-refractivity contribution < 1.29 is 13.6 Å². The molecule has 5 heteroatoms. The first-order valence-electron chi connectivity index (χ1n) is 5.48. The minimum atomic E-state index is -0.848. The summed E-state index contributed by atoms with van der Waals surface area (Å²) < 4.78 is 27.0. The van der Waals surface area contributed by atoms with Crippen LogP contribution in [0.3, 0.4) is 0 Å². The average molecular weight is 282 g/mol. The first kappa shape index (κ1) is 13.5. The third-order valence-electron chi connectivity index (χ3n) is 2.69. The zero-order valence-electron chi connectivity index (χ0n) is 10.0. The fraction of sp³-hybridized carbons (Fsp3) is 0.0714. The standard InChI is InChI=1S/C14H10ClF2NO/c1-18(9-5-3-2-4-6-9)14(19)10-7-13(17)11(15)8-12(10)16/h2-8H,1H3. The molecule has 0 aliphatic carbocycles. The van der Waals surface area contributed by atoms with E-state index in [-0.39, 0.29) is 10.6 Å². The number of amides is 1. The largest absolute Gasteiger partial charge is 0.311 e. The van der Waals surface area contributed by atoms with Gasteiger partial charge in [0.2, 0.25) is 0 Å². The second kappa shape index (κ2) is 5.36. The van der Waals surface area contributed by atoms with Gasteiger partial charge in [0.05, 0.1) is 10.6 Å². The molecule has 98 valence electrons. The van der Waals surface area contributed by atoms with Gasteiger partial charge in [-0.3, -0.25) is 4.79 Å². The van der Waals surface area contributed by atoms with E-state index in [9.17, 15) is 13.6 Å². The number of rotatable bonds is 2. The Kier molecular flexibility index (Phi) is 3.81. The molecule has 0 fully saturated rings. The van der Waals surface area contributed by atoms with Crippen LogP contribution >= 0.6 is 11.6 Å². The van der Waals surface area contributed by atoms with E-state index >= 15 is 0 Å². The van der Waals surface area contributed by atoms with Crippen LogP contribution in [0.4, 0.5) is 14.5 Å². The molecule has 0 heterocycles. The number of halogens is 3. The summed E-state index contributed by atoms with van der Waals surface area (Å²) in [6, 6.07) is 10.3. The second-order valence-electron chi connectivity index (χ2n) is 3.95. The van der Waals surface area contributed by atoms with E-state index in [4.69, 9.17) is 11.6 Å². The van der Waals surface area contributed by atoms with Crippen molar-refractivity contribution in [2.24, 2.45) is 0 Å². The Bertz CT molecular complexity index is 616. The Labute approximate surface area is 114 Å². The zero-order chi connectivity index (χ0) is 14.0. The van der Waals surface area contributed by atoms with Crippen molar-refractivity contribution in [1.82, 2.24) is 0 Å². The number of hydrogen-bond donors (Lipinski definition) is 0. The number of anilines is 1. The van der Waals surface area contributed by atoms with Crippen LogP contribution in [0, 0.1) is 11.6 Å². The summed E-state index contributed by atoms with van der Waals surface area (Å²) in [6.07, 6.45) is 0. The lowest BCUT2D eigenvalue weighted by Crippen LogP contribution is -2.27. The van der Waals surface area contributed by atoms with Crippen LogP contribution in [0.5, 0.6) is 0 Å². The highest BCUT2D eigenvalue weighted by Gasteiger charge is 2.19. The molecule has 1 amide bonds. The monoisotopic (exact) mass is 281 g/mol. The van der Waals surface area contributed by atoms with E-state index in [0.717, 1.165) is 12.1 Å². The van der Waals surface area contributed by atoms with Gasteiger partial charge in [0.15, 0.2) is 0 Å². The number of nitrogens with zero attached hydrogens (tertiary/aromatic N) is 1. The summed E-state index contributed by atoms with van der Waals surface area (Å²) in [5, 5.41) is -0.351. The highest BCUT2D eigenvalue weighted by atomic mass is 35.5. The Morgan fingerprint density at radius 3 is 2.37 bits per heavy atom. The van der Waals surface area contributed by atoms with Crippen molar-refractivity contribution in [3.63, 3.8) is 0 Å². The SMILES string of the molecule is CN(C(=O)c1cc(F)c(Cl)cc1F)c1ccccc1. The molecular weight excluding hydrogens is 272 g/mol. The molecule has 0 spiro atoms. The van der Waals surface area contributed by atoms with Gasteiger partial charge in [0, 0.05) is 12.7 Å². The third-order valence-corrected chi connectivity index (χ3v) is 2.98. The van der Waals surface area contributed by atoms with Crippen molar-refractivity contribution in [1.29, 1.82) is 0 Å². The van der Waals surface area contributed by atoms with Crippen LogP contribution < -0.4 is 4.90 Å². The molecule has 0 radical (unpaired) electrons. The van der Waals surface area contributed by atoms with Gasteiger partial charge in [-0.1, -0.05) is 29.8 Å². The van der Waals surface area contributed by atoms with Gasteiger partial charge in [0.1, 0.15) is 11.6 Å². The topological polar surface area (TPSA) is 20.3 Å². The molecule has 2 nitrogen and oxygen atoms in total. The zero-order valence-corrected chi connectivity index (χ0v) is 10.8. The molecule has 2 rings (SSSR count). The second-order valence-corrected chi connectivity index (χ2v) is 4.35. The van der Waals surface area contributed by atoms with Gasteiger partial charge >= 0.3 is 0 Å². The summed E-state index contributed by atoms with van der Waals surface area (Å²) in [7, 11) is 1.49. The van der Waals surface area contributed by atoms with E-state index in [2.05, 4.69) is 0 Å². The predicted octanol–water partition coefficient (Wildman–Crippen LogP) is 3.89. The van der Waals surface area contributed by atoms with Gasteiger partial charge in [-0.15, -0.1) is 0 Å². The maximum atomic E-state index is 13.7. The number of hydrogen-bond acceptors (Lipinski definition) is 1. The molecule has 0 unspecified atom stereocenters. The molecule has 0 bridgehead atoms. The van der Waals surface area contributed by atoms with Gasteiger partial charge < -0.3 is 4.90 Å². The highest BCUT2D eigenvalue weighted by molar-refractivity contribution is 6.30. The molecule has 0 aliphatic heterocycles. The van der Waals surface area contributed by atoms with Crippen molar-refractivity contribution in [2.75, 3.05) is 11.9 Å². The summed E-state index contributed by atoms with van der Waals surface area (Å²) in [6.45, 7) is 0. The van der Waals surface area contributed by atoms with Crippen LogP contribution in [-0.4, -0.2) is 13.0 Å². The normalized spacial score (nSPS) is 10.3. The van der Waals surface area contributed by atoms with Gasteiger partial charge in [-0.05, 0) is 24.3 Å². The number of carbonyl (C=O) groups excluding carboxylic acids is 1. The lowest BCUT2D eigenvalue weighted by Gasteiger charge is -2.17. The first-order valence-corrected chi connectivity index (χ1v) is 5.86. The Morgan fingerprint density at radius 1 is 1.11 bits per heavy atom. The Morgan fingerprint density at radius 2 is 1.74 bits per heavy atom. The highest BCUT2D eigenvalue weighted by Crippen LogP contribution is 2.22. The molecule has 19 heavy (non-hydrogen) atoms. The lowest BCUT2D eigenvalue weighted by atomic mass is 10.1. The fourth-order valence-corrected chi connectivity index (χ4v) is 1.79. The van der Waals surface area contributed by atoms with E-state index in [1.54, 1.807) is 30.3 Å². The average Bonchev–Trinajstić information content (AvgIpc) is 2.42. The maximum Gasteiger partial charge on any atom is 0.261 e. The van der Waals surface area contributed by atoms with Crippen molar-refractivity contribution in [2.45, 2.75) is 0 Å². The quantitative estimate of drug-likeness (QED) is 0.765. The van der Waals surface area contributed by atoms with E-state index in [1.165, 1.54) is 11.9 Å². The van der Waals surface area contributed by atoms with Crippen LogP contribution in [0.1, 0.15) is 10.4 Å². The molecular formula is C14H10ClF2NO. The number of para-hydroxylation sites is 1. The third kappa shape index (κ3) is 2.74. The molecule has 0 saturated heterocycles. The minimum Gasteiger partial charge on any atom is -0.311 e. The van der Waals surface area contributed by atoms with Crippen molar-refractivity contribution >= 4 is 23.2 Å². The van der Waals surface area contributed by atoms with Gasteiger partial charge in [-0.25, -0.2) is 8.78 Å². The van der Waals surface area contributed by atoms with Gasteiger partial charge in [-0.2, -0.15) is 0 Å². The van der Waals surface area contributed by atoms with E-state index in [0.29, 0.717) is 5.69 Å². The van der Waals surface area contributed by atoms with Crippen LogP contribution in [0.2, 0.25) is 5.02 Å². The predicted molar refractivity (Wildman–Crippen MR) is 70.5 cm³/mol. The van der Waals surface area contributed by atoms with Crippen LogP contribution in [0.15, 0.2) is 42.5 Å². The summed E-state index contributed by atoms with van der Waals surface area (Å²) >= 11 is 5.45. The fourth-order valence-electron chi connectivity index (χ4n) is 1.64. The molecule has 0 aliphatic rings. The van der Waals surface area contributed by atoms with Crippen molar-refractivity contribution in [3.8, 4) is 0 Å². The van der Waals surface area contributed by atoms with Crippen LogP contribution in [-0.2, 0) is 0 Å². The van der Waals surface area contributed by atoms with E-state index < -0.39 is 17.5 Å². The Balaban J connectivity index is 2.37. The molecule has 0 saturated carbocycles. The molecule has 2 aromatic rings. The minimum absolute atomic E-state index is 0.351. The lowest BCUT2D eigenvalue weighted by molar-refractivity contribution is 0.0988. The summed E-state index contributed by atoms with van der Waals surface area (Å²) in [5.41, 5.74) is 0.232. The van der Waals surface area contributed by atoms with Crippen LogP contribution in [0.25, 0.3) is 0 Å². The van der Waals surface area contributed by atoms with E-state index in [1.807, 2.05) is 0 Å². The number of carbonyl (C=O) groups is 1. The van der Waals surface area contributed by atoms with Gasteiger partial charge in [0.25, 0.3) is 5.91 Å². The number of benzene rings is 2. The molecule has 0 aromatic heterocycles. The van der Waals surface area contributed by atoms with Crippen molar-refractivity contribution in [3.05, 3.63) is 64.7 Å². The Hall–Kier alpha value is -1.94. The molecule has 2 aromatic carbocycles. The summed E-state index contributed by atoms with van der Waals surface area (Å²) in [5.74, 6) is -2.31. The first-order chi connectivity index (χ1) is 9.00. The summed E-state index contributed by atoms with van der Waals surface area (Å²) in [4.78, 5) is 13.3. The molecule has 0 N–H and O–H groups in total. The molecule has 0 atom stereocenters. The maximum absolute atomic E-state index is 13.7.